The van der Waals surface area contributed by atoms with Gasteiger partial charge in [-0.05, 0) is 46.6 Å². The van der Waals surface area contributed by atoms with Gasteiger partial charge in [-0.25, -0.2) is 0 Å². The van der Waals surface area contributed by atoms with Gasteiger partial charge in [-0.1, -0.05) is 31.3 Å². The lowest BCUT2D eigenvalue weighted by molar-refractivity contribution is -0.0769. The molecule has 0 spiro atoms. The maximum Gasteiger partial charge on any atom is 0.0834 e. The fraction of sp³-hybridized carbons (Fsp3) is 0.875. The van der Waals surface area contributed by atoms with E-state index in [1.54, 1.807) is 0 Å². The van der Waals surface area contributed by atoms with E-state index in [-0.39, 0.29) is 5.60 Å². The van der Waals surface area contributed by atoms with Crippen molar-refractivity contribution in [2.45, 2.75) is 76.9 Å². The minimum absolute atomic E-state index is 0.0649. The van der Waals surface area contributed by atoms with Crippen LogP contribution in [0.2, 0.25) is 0 Å². The molecular weight excluding hydrogens is 222 g/mol. The maximum atomic E-state index is 6.24. The largest absolute Gasteiger partial charge is 0.374 e. The van der Waals surface area contributed by atoms with Crippen LogP contribution in [0.5, 0.6) is 0 Å². The van der Waals surface area contributed by atoms with E-state index in [9.17, 15) is 0 Å². The number of ether oxygens (including phenoxy) is 1. The summed E-state index contributed by atoms with van der Waals surface area (Å²) in [7, 11) is 2.08. The minimum atomic E-state index is 0.0649. The summed E-state index contributed by atoms with van der Waals surface area (Å²) in [6.45, 7) is 9.09. The Balaban J connectivity index is 2.73. The van der Waals surface area contributed by atoms with E-state index in [0.29, 0.717) is 6.04 Å². The molecule has 106 valence electrons. The third-order valence-corrected chi connectivity index (χ3v) is 4.23. The molecule has 0 heterocycles. The van der Waals surface area contributed by atoms with Crippen LogP contribution in [0, 0.1) is 0 Å². The van der Waals surface area contributed by atoms with Crippen molar-refractivity contribution in [2.75, 3.05) is 13.7 Å². The molecule has 0 amide bonds. The lowest BCUT2D eigenvalue weighted by Crippen LogP contribution is -2.51. The normalized spacial score (nSPS) is 21.3. The SMILES string of the molecule is C=C(C)CCC(NC)C1(OCC)CCCCCC1. The van der Waals surface area contributed by atoms with Crippen LogP contribution < -0.4 is 5.32 Å². The summed E-state index contributed by atoms with van der Waals surface area (Å²) >= 11 is 0. The molecule has 0 aliphatic heterocycles. The Bertz CT molecular complexity index is 241. The Morgan fingerprint density at radius 2 is 1.89 bits per heavy atom. The molecule has 18 heavy (non-hydrogen) atoms. The quantitative estimate of drug-likeness (QED) is 0.546. The van der Waals surface area contributed by atoms with Gasteiger partial charge in [0.05, 0.1) is 5.60 Å². The maximum absolute atomic E-state index is 6.24. The lowest BCUT2D eigenvalue weighted by atomic mass is 9.83. The van der Waals surface area contributed by atoms with Gasteiger partial charge in [0, 0.05) is 12.6 Å². The molecule has 0 aromatic heterocycles. The standard InChI is InChI=1S/C16H31NO/c1-5-18-16(12-8-6-7-9-13-16)15(17-4)11-10-14(2)3/h15,17H,2,5-13H2,1,3-4H3. The van der Waals surface area contributed by atoms with Gasteiger partial charge in [-0.2, -0.15) is 0 Å². The Morgan fingerprint density at radius 1 is 1.28 bits per heavy atom. The zero-order valence-electron chi connectivity index (χ0n) is 12.6. The monoisotopic (exact) mass is 253 g/mol. The predicted octanol–water partition coefficient (Wildman–Crippen LogP) is 4.06. The fourth-order valence-corrected chi connectivity index (χ4v) is 3.27. The molecule has 1 rings (SSSR count). The molecule has 0 radical (unpaired) electrons. The van der Waals surface area contributed by atoms with E-state index in [2.05, 4.69) is 32.8 Å². The first-order valence-corrected chi connectivity index (χ1v) is 7.60. The highest BCUT2D eigenvalue weighted by molar-refractivity contribution is 4.97. The summed E-state index contributed by atoms with van der Waals surface area (Å²) in [5.41, 5.74) is 1.34. The van der Waals surface area contributed by atoms with Crippen molar-refractivity contribution < 1.29 is 4.74 Å². The Hall–Kier alpha value is -0.340. The van der Waals surface area contributed by atoms with Crippen molar-refractivity contribution in [3.8, 4) is 0 Å². The summed E-state index contributed by atoms with van der Waals surface area (Å²) < 4.78 is 6.24. The summed E-state index contributed by atoms with van der Waals surface area (Å²) in [5, 5.41) is 3.51. The first-order valence-electron chi connectivity index (χ1n) is 7.60. The third-order valence-electron chi connectivity index (χ3n) is 4.23. The van der Waals surface area contributed by atoms with Gasteiger partial charge >= 0.3 is 0 Å². The highest BCUT2D eigenvalue weighted by atomic mass is 16.5. The van der Waals surface area contributed by atoms with Crippen molar-refractivity contribution in [3.05, 3.63) is 12.2 Å². The first-order chi connectivity index (χ1) is 8.64. The smallest absolute Gasteiger partial charge is 0.0834 e. The molecule has 0 saturated heterocycles. The second kappa shape index (κ2) is 7.96. The highest BCUT2D eigenvalue weighted by Gasteiger charge is 2.38. The Kier molecular flexibility index (Phi) is 6.95. The molecule has 1 fully saturated rings. The average molecular weight is 253 g/mol. The fourth-order valence-electron chi connectivity index (χ4n) is 3.27. The van der Waals surface area contributed by atoms with Crippen LogP contribution in [0.3, 0.4) is 0 Å². The van der Waals surface area contributed by atoms with Crippen LogP contribution in [-0.2, 0) is 4.74 Å². The highest BCUT2D eigenvalue weighted by Crippen LogP contribution is 2.35. The number of allylic oxidation sites excluding steroid dienone is 1. The van der Waals surface area contributed by atoms with E-state index in [1.807, 2.05) is 0 Å². The molecule has 2 heteroatoms. The second-order valence-electron chi connectivity index (χ2n) is 5.75. The molecule has 1 aliphatic rings. The van der Waals surface area contributed by atoms with Crippen molar-refractivity contribution in [1.82, 2.24) is 5.32 Å². The molecule has 1 aliphatic carbocycles. The van der Waals surface area contributed by atoms with Gasteiger partial charge in [0.1, 0.15) is 0 Å². The number of rotatable bonds is 7. The van der Waals surface area contributed by atoms with Gasteiger partial charge in [0.25, 0.3) is 0 Å². The van der Waals surface area contributed by atoms with Gasteiger partial charge in [0.2, 0.25) is 0 Å². The molecular formula is C16H31NO. The van der Waals surface area contributed by atoms with Gasteiger partial charge < -0.3 is 10.1 Å². The summed E-state index contributed by atoms with van der Waals surface area (Å²) in [5.74, 6) is 0. The van der Waals surface area contributed by atoms with E-state index < -0.39 is 0 Å². The number of nitrogens with one attached hydrogen (secondary N) is 1. The zero-order valence-corrected chi connectivity index (χ0v) is 12.6. The van der Waals surface area contributed by atoms with Crippen LogP contribution in [0.4, 0.5) is 0 Å². The zero-order chi connectivity index (χ0) is 13.4. The van der Waals surface area contributed by atoms with Gasteiger partial charge in [0.15, 0.2) is 0 Å². The van der Waals surface area contributed by atoms with Gasteiger partial charge in [-0.15, -0.1) is 6.58 Å². The first kappa shape index (κ1) is 15.7. The predicted molar refractivity (Wildman–Crippen MR) is 79.0 cm³/mol. The minimum Gasteiger partial charge on any atom is -0.374 e. The van der Waals surface area contributed by atoms with Crippen molar-refractivity contribution in [3.63, 3.8) is 0 Å². The van der Waals surface area contributed by atoms with Gasteiger partial charge in [-0.3, -0.25) is 0 Å². The van der Waals surface area contributed by atoms with Crippen molar-refractivity contribution in [1.29, 1.82) is 0 Å². The van der Waals surface area contributed by atoms with Crippen molar-refractivity contribution in [2.24, 2.45) is 0 Å². The molecule has 0 aromatic rings. The third kappa shape index (κ3) is 4.40. The number of hydrogen-bond donors (Lipinski definition) is 1. The molecule has 2 nitrogen and oxygen atoms in total. The number of hydrogen-bond acceptors (Lipinski definition) is 2. The van der Waals surface area contributed by atoms with Crippen LogP contribution in [-0.4, -0.2) is 25.3 Å². The van der Waals surface area contributed by atoms with Crippen LogP contribution in [0.1, 0.15) is 65.2 Å². The molecule has 0 bridgehead atoms. The summed E-state index contributed by atoms with van der Waals surface area (Å²) in [4.78, 5) is 0. The molecule has 1 saturated carbocycles. The molecule has 1 unspecified atom stereocenters. The lowest BCUT2D eigenvalue weighted by Gasteiger charge is -2.40. The van der Waals surface area contributed by atoms with E-state index in [4.69, 9.17) is 4.74 Å². The van der Waals surface area contributed by atoms with Crippen LogP contribution >= 0.6 is 0 Å². The summed E-state index contributed by atoms with van der Waals surface area (Å²) in [6, 6.07) is 0.465. The van der Waals surface area contributed by atoms with E-state index >= 15 is 0 Å². The molecule has 1 N–H and O–H groups in total. The average Bonchev–Trinajstić information content (AvgIpc) is 2.56. The van der Waals surface area contributed by atoms with E-state index in [0.717, 1.165) is 19.4 Å². The molecule has 1 atom stereocenters. The number of likely N-dealkylation sites (N-methyl/N-ethyl adjacent to an activating group) is 1. The topological polar surface area (TPSA) is 21.3 Å². The van der Waals surface area contributed by atoms with Crippen LogP contribution in [0.15, 0.2) is 12.2 Å². The van der Waals surface area contributed by atoms with Crippen molar-refractivity contribution >= 4 is 0 Å². The van der Waals surface area contributed by atoms with Crippen LogP contribution in [0.25, 0.3) is 0 Å². The Labute approximate surface area is 113 Å². The second-order valence-corrected chi connectivity index (χ2v) is 5.75. The molecule has 0 aromatic carbocycles. The Morgan fingerprint density at radius 3 is 2.33 bits per heavy atom. The van der Waals surface area contributed by atoms with E-state index in [1.165, 1.54) is 44.1 Å². The summed E-state index contributed by atoms with van der Waals surface area (Å²) in [6.07, 6.45) is 10.0.